The number of aryl methyl sites for hydroxylation is 1. The summed E-state index contributed by atoms with van der Waals surface area (Å²) < 4.78 is 26.3. The number of Topliss-reactive ketones (excluding diaryl/α,β-unsaturated/α-hetero) is 1. The van der Waals surface area contributed by atoms with E-state index in [1.54, 1.807) is 12.1 Å². The molecule has 0 radical (unpaired) electrons. The van der Waals surface area contributed by atoms with Crippen molar-refractivity contribution in [1.29, 1.82) is 0 Å². The highest BCUT2D eigenvalue weighted by Gasteiger charge is 2.36. The smallest absolute Gasteiger partial charge is 0.293 e. The number of rotatable bonds is 3. The van der Waals surface area contributed by atoms with Gasteiger partial charge in [-0.15, -0.1) is 0 Å². The van der Waals surface area contributed by atoms with Gasteiger partial charge in [-0.05, 0) is 12.0 Å². The van der Waals surface area contributed by atoms with Crippen LogP contribution in [-0.4, -0.2) is 5.78 Å². The van der Waals surface area contributed by atoms with Gasteiger partial charge in [-0.3, -0.25) is 4.79 Å². The number of hydrogen-bond acceptors (Lipinski definition) is 1. The van der Waals surface area contributed by atoms with Crippen LogP contribution in [0.25, 0.3) is 0 Å². The molecule has 0 aliphatic heterocycles. The monoisotopic (exact) mass is 198 g/mol. The molecule has 0 atom stereocenters. The zero-order chi connectivity index (χ0) is 10.8. The van der Waals surface area contributed by atoms with Crippen molar-refractivity contribution in [3.05, 3.63) is 35.4 Å². The van der Waals surface area contributed by atoms with Crippen LogP contribution in [0.15, 0.2) is 24.3 Å². The summed E-state index contributed by atoms with van der Waals surface area (Å²) in [6.45, 7) is 2.84. The van der Waals surface area contributed by atoms with Crippen molar-refractivity contribution in [2.75, 3.05) is 0 Å². The number of carbonyl (C=O) groups is 1. The molecule has 76 valence electrons. The van der Waals surface area contributed by atoms with Gasteiger partial charge in [0.05, 0.1) is 0 Å². The lowest BCUT2D eigenvalue weighted by Gasteiger charge is -2.12. The number of hydrogen-bond donors (Lipinski definition) is 0. The van der Waals surface area contributed by atoms with Crippen LogP contribution in [0.3, 0.4) is 0 Å². The third kappa shape index (κ3) is 1.97. The fourth-order valence-electron chi connectivity index (χ4n) is 1.15. The molecule has 0 heterocycles. The lowest BCUT2D eigenvalue weighted by Crippen LogP contribution is -2.22. The Balaban J connectivity index is 3.02. The standard InChI is InChI=1S/C11H12F2O/c1-3-9-4-6-10(7-5-9)11(12,13)8(2)14/h4-7H,3H2,1-2H3. The van der Waals surface area contributed by atoms with Gasteiger partial charge in [-0.1, -0.05) is 31.2 Å². The quantitative estimate of drug-likeness (QED) is 0.729. The fraction of sp³-hybridized carbons (Fsp3) is 0.364. The molecule has 3 heteroatoms. The Morgan fingerprint density at radius 1 is 1.29 bits per heavy atom. The Morgan fingerprint density at radius 2 is 1.79 bits per heavy atom. The number of carbonyl (C=O) groups excluding carboxylic acids is 1. The first-order valence-electron chi connectivity index (χ1n) is 4.46. The van der Waals surface area contributed by atoms with Crippen LogP contribution in [0, 0.1) is 0 Å². The van der Waals surface area contributed by atoms with Crippen molar-refractivity contribution in [1.82, 2.24) is 0 Å². The SMILES string of the molecule is CCc1ccc(C(F)(F)C(C)=O)cc1. The Kier molecular flexibility index (Phi) is 2.99. The lowest BCUT2D eigenvalue weighted by atomic mass is 10.0. The van der Waals surface area contributed by atoms with Crippen LogP contribution >= 0.6 is 0 Å². The lowest BCUT2D eigenvalue weighted by molar-refractivity contribution is -0.141. The predicted octanol–water partition coefficient (Wildman–Crippen LogP) is 2.93. The van der Waals surface area contributed by atoms with E-state index >= 15 is 0 Å². The maximum Gasteiger partial charge on any atom is 0.330 e. The van der Waals surface area contributed by atoms with Gasteiger partial charge in [0.1, 0.15) is 0 Å². The molecule has 1 nitrogen and oxygen atoms in total. The molecule has 0 saturated carbocycles. The summed E-state index contributed by atoms with van der Waals surface area (Å²) in [5.74, 6) is -4.48. The second-order valence-corrected chi connectivity index (χ2v) is 3.18. The molecule has 0 N–H and O–H groups in total. The van der Waals surface area contributed by atoms with Gasteiger partial charge in [0.15, 0.2) is 0 Å². The molecule has 0 spiro atoms. The molecule has 1 rings (SSSR count). The van der Waals surface area contributed by atoms with E-state index in [1.165, 1.54) is 12.1 Å². The highest BCUT2D eigenvalue weighted by molar-refractivity contribution is 5.84. The van der Waals surface area contributed by atoms with Gasteiger partial charge in [-0.2, -0.15) is 8.78 Å². The minimum absolute atomic E-state index is 0.234. The summed E-state index contributed by atoms with van der Waals surface area (Å²) >= 11 is 0. The van der Waals surface area contributed by atoms with E-state index in [2.05, 4.69) is 0 Å². The van der Waals surface area contributed by atoms with E-state index in [9.17, 15) is 13.6 Å². The van der Waals surface area contributed by atoms with Crippen molar-refractivity contribution in [2.45, 2.75) is 26.2 Å². The van der Waals surface area contributed by atoms with E-state index in [4.69, 9.17) is 0 Å². The maximum absolute atomic E-state index is 13.2. The van der Waals surface area contributed by atoms with Crippen molar-refractivity contribution >= 4 is 5.78 Å². The van der Waals surface area contributed by atoms with Crippen molar-refractivity contribution in [3.8, 4) is 0 Å². The minimum atomic E-state index is -3.35. The van der Waals surface area contributed by atoms with E-state index in [-0.39, 0.29) is 5.56 Å². The number of alkyl halides is 2. The molecular formula is C11H12F2O. The summed E-state index contributed by atoms with van der Waals surface area (Å²) in [4.78, 5) is 10.7. The molecule has 0 aliphatic carbocycles. The molecule has 0 amide bonds. The molecule has 0 saturated heterocycles. The first-order valence-corrected chi connectivity index (χ1v) is 4.46. The highest BCUT2D eigenvalue weighted by atomic mass is 19.3. The molecule has 0 bridgehead atoms. The van der Waals surface area contributed by atoms with Gasteiger partial charge in [0, 0.05) is 12.5 Å². The molecule has 0 aromatic heterocycles. The average molecular weight is 198 g/mol. The van der Waals surface area contributed by atoms with Crippen molar-refractivity contribution < 1.29 is 13.6 Å². The van der Waals surface area contributed by atoms with E-state index in [0.29, 0.717) is 0 Å². The molecule has 0 aliphatic rings. The fourth-order valence-corrected chi connectivity index (χ4v) is 1.15. The van der Waals surface area contributed by atoms with Crippen molar-refractivity contribution in [3.63, 3.8) is 0 Å². The van der Waals surface area contributed by atoms with Crippen molar-refractivity contribution in [2.24, 2.45) is 0 Å². The van der Waals surface area contributed by atoms with Gasteiger partial charge >= 0.3 is 5.92 Å². The van der Waals surface area contributed by atoms with E-state index in [0.717, 1.165) is 18.9 Å². The topological polar surface area (TPSA) is 17.1 Å². The predicted molar refractivity (Wildman–Crippen MR) is 50.4 cm³/mol. The number of halogens is 2. The molecular weight excluding hydrogens is 186 g/mol. The van der Waals surface area contributed by atoms with E-state index < -0.39 is 11.7 Å². The summed E-state index contributed by atoms with van der Waals surface area (Å²) in [5, 5.41) is 0. The third-order valence-electron chi connectivity index (χ3n) is 2.17. The second kappa shape index (κ2) is 3.86. The first-order chi connectivity index (χ1) is 6.48. The Hall–Kier alpha value is -1.25. The Labute approximate surface area is 81.7 Å². The summed E-state index contributed by atoms with van der Waals surface area (Å²) in [7, 11) is 0. The molecule has 0 fully saturated rings. The van der Waals surface area contributed by atoms with Crippen LogP contribution in [0.2, 0.25) is 0 Å². The van der Waals surface area contributed by atoms with Crippen LogP contribution in [0.4, 0.5) is 8.78 Å². The summed E-state index contributed by atoms with van der Waals surface area (Å²) in [6.07, 6.45) is 0.798. The third-order valence-corrected chi connectivity index (χ3v) is 2.17. The maximum atomic E-state index is 13.2. The first kappa shape index (κ1) is 10.8. The van der Waals surface area contributed by atoms with E-state index in [1.807, 2.05) is 6.92 Å². The van der Waals surface area contributed by atoms with Crippen LogP contribution in [-0.2, 0) is 17.1 Å². The molecule has 14 heavy (non-hydrogen) atoms. The van der Waals surface area contributed by atoms with Gasteiger partial charge in [-0.25, -0.2) is 0 Å². The number of ketones is 1. The van der Waals surface area contributed by atoms with Crippen LogP contribution in [0.1, 0.15) is 25.0 Å². The Morgan fingerprint density at radius 3 is 2.14 bits per heavy atom. The summed E-state index contributed by atoms with van der Waals surface area (Å²) in [6, 6.07) is 5.85. The normalized spacial score (nSPS) is 11.4. The molecule has 1 aromatic rings. The highest BCUT2D eigenvalue weighted by Crippen LogP contribution is 2.28. The zero-order valence-electron chi connectivity index (χ0n) is 8.18. The van der Waals surface area contributed by atoms with Crippen LogP contribution < -0.4 is 0 Å². The van der Waals surface area contributed by atoms with Gasteiger partial charge < -0.3 is 0 Å². The summed E-state index contributed by atoms with van der Waals surface area (Å²) in [5.41, 5.74) is 0.746. The van der Waals surface area contributed by atoms with Crippen LogP contribution in [0.5, 0.6) is 0 Å². The van der Waals surface area contributed by atoms with Gasteiger partial charge in [0.25, 0.3) is 0 Å². The number of benzene rings is 1. The zero-order valence-corrected chi connectivity index (χ0v) is 8.18. The average Bonchev–Trinajstić information content (AvgIpc) is 2.17. The molecule has 0 unspecified atom stereocenters. The van der Waals surface area contributed by atoms with Gasteiger partial charge in [0.2, 0.25) is 5.78 Å². The Bertz CT molecular complexity index is 328. The molecule has 1 aromatic carbocycles. The minimum Gasteiger partial charge on any atom is -0.293 e. The largest absolute Gasteiger partial charge is 0.330 e. The second-order valence-electron chi connectivity index (χ2n) is 3.18.